The predicted molar refractivity (Wildman–Crippen MR) is 113 cm³/mol. The van der Waals surface area contributed by atoms with Crippen LogP contribution in [0.1, 0.15) is 38.6 Å². The molecule has 7 heteroatoms. The lowest BCUT2D eigenvalue weighted by Crippen LogP contribution is -2.60. The van der Waals surface area contributed by atoms with Crippen molar-refractivity contribution in [3.63, 3.8) is 0 Å². The van der Waals surface area contributed by atoms with Crippen molar-refractivity contribution >= 4 is 17.4 Å². The van der Waals surface area contributed by atoms with Crippen molar-refractivity contribution in [1.29, 1.82) is 0 Å². The van der Waals surface area contributed by atoms with Crippen molar-refractivity contribution in [2.75, 3.05) is 25.0 Å². The van der Waals surface area contributed by atoms with Crippen molar-refractivity contribution in [2.45, 2.75) is 45.1 Å². The molecule has 1 fully saturated rings. The highest BCUT2D eigenvalue weighted by Crippen LogP contribution is 2.25. The summed E-state index contributed by atoms with van der Waals surface area (Å²) in [5, 5.41) is 13.3. The molecule has 7 nitrogen and oxygen atoms in total. The monoisotopic (exact) mass is 392 g/mol. The molecule has 1 aliphatic heterocycles. The second-order valence-electron chi connectivity index (χ2n) is 8.78. The summed E-state index contributed by atoms with van der Waals surface area (Å²) in [4.78, 5) is 16.6. The van der Waals surface area contributed by atoms with Gasteiger partial charge in [-0.05, 0) is 24.1 Å². The van der Waals surface area contributed by atoms with Gasteiger partial charge in [-0.2, -0.15) is 4.52 Å². The molecule has 0 radical (unpaired) electrons. The molecular formula is C22H28N6O. The molecule has 0 saturated carbocycles. The summed E-state index contributed by atoms with van der Waals surface area (Å²) in [6.45, 7) is 7.90. The average Bonchev–Trinajstić information content (AvgIpc) is 3.09. The Morgan fingerprint density at radius 3 is 2.52 bits per heavy atom. The lowest BCUT2D eigenvalue weighted by Gasteiger charge is -2.44. The van der Waals surface area contributed by atoms with E-state index in [1.807, 2.05) is 46.8 Å². The summed E-state index contributed by atoms with van der Waals surface area (Å²) in [7, 11) is 1.91. The van der Waals surface area contributed by atoms with Crippen molar-refractivity contribution in [2.24, 2.45) is 0 Å². The summed E-state index contributed by atoms with van der Waals surface area (Å²) in [5.74, 6) is 1.93. The van der Waals surface area contributed by atoms with Gasteiger partial charge in [-0.1, -0.05) is 51.1 Å². The van der Waals surface area contributed by atoms with E-state index in [9.17, 15) is 4.79 Å². The number of fused-ring (bicyclic) bond motifs is 1. The Morgan fingerprint density at radius 2 is 1.83 bits per heavy atom. The summed E-state index contributed by atoms with van der Waals surface area (Å²) in [6, 6.07) is 14.3. The molecule has 0 N–H and O–H groups in total. The maximum absolute atomic E-state index is 12.6. The van der Waals surface area contributed by atoms with E-state index in [-0.39, 0.29) is 17.4 Å². The molecule has 3 heterocycles. The summed E-state index contributed by atoms with van der Waals surface area (Å²) < 4.78 is 1.83. The predicted octanol–water partition coefficient (Wildman–Crippen LogP) is 2.70. The third-order valence-corrected chi connectivity index (χ3v) is 5.52. The third kappa shape index (κ3) is 3.95. The third-order valence-electron chi connectivity index (χ3n) is 5.52. The fourth-order valence-electron chi connectivity index (χ4n) is 3.58. The second kappa shape index (κ2) is 7.46. The standard InChI is InChI=1S/C22H28N6O/c1-22(2,3)21-24-23-18-11-12-19(25-28(18)21)27-14-17(15-27)26(4)20(29)13-10-16-8-6-5-7-9-16/h5-9,11-12,17H,10,13-15H2,1-4H3. The first-order valence-electron chi connectivity index (χ1n) is 10.1. The molecule has 0 bridgehead atoms. The Bertz CT molecular complexity index is 1000. The summed E-state index contributed by atoms with van der Waals surface area (Å²) in [5.41, 5.74) is 1.82. The van der Waals surface area contributed by atoms with Gasteiger partial charge in [0.05, 0.1) is 6.04 Å². The number of hydrogen-bond acceptors (Lipinski definition) is 5. The molecule has 4 rings (SSSR count). The molecule has 1 aliphatic rings. The molecule has 3 aromatic rings. The lowest BCUT2D eigenvalue weighted by atomic mass is 9.96. The van der Waals surface area contributed by atoms with Crippen LogP contribution in [0.25, 0.3) is 5.65 Å². The van der Waals surface area contributed by atoms with Crippen LogP contribution in [0.2, 0.25) is 0 Å². The van der Waals surface area contributed by atoms with Gasteiger partial charge >= 0.3 is 0 Å². The van der Waals surface area contributed by atoms with Crippen LogP contribution in [0.4, 0.5) is 5.82 Å². The Hall–Kier alpha value is -2.96. The van der Waals surface area contributed by atoms with Crippen molar-refractivity contribution in [3.8, 4) is 0 Å². The number of amides is 1. The van der Waals surface area contributed by atoms with E-state index in [0.717, 1.165) is 36.8 Å². The van der Waals surface area contributed by atoms with Crippen LogP contribution in [-0.4, -0.2) is 56.8 Å². The Kier molecular flexibility index (Phi) is 4.98. The molecule has 152 valence electrons. The minimum absolute atomic E-state index is 0.131. The van der Waals surface area contributed by atoms with Crippen LogP contribution in [0.3, 0.4) is 0 Å². The van der Waals surface area contributed by atoms with E-state index in [4.69, 9.17) is 5.10 Å². The largest absolute Gasteiger partial charge is 0.351 e. The highest BCUT2D eigenvalue weighted by atomic mass is 16.2. The van der Waals surface area contributed by atoms with E-state index in [0.29, 0.717) is 6.42 Å². The first-order chi connectivity index (χ1) is 13.8. The zero-order chi connectivity index (χ0) is 20.6. The number of benzene rings is 1. The van der Waals surface area contributed by atoms with E-state index >= 15 is 0 Å². The lowest BCUT2D eigenvalue weighted by molar-refractivity contribution is -0.132. The van der Waals surface area contributed by atoms with Crippen molar-refractivity contribution in [1.82, 2.24) is 24.7 Å². The number of aryl methyl sites for hydroxylation is 1. The number of carbonyl (C=O) groups is 1. The molecule has 0 unspecified atom stereocenters. The van der Waals surface area contributed by atoms with E-state index in [1.54, 1.807) is 0 Å². The topological polar surface area (TPSA) is 66.6 Å². The molecule has 2 aromatic heterocycles. The first kappa shape index (κ1) is 19.4. The van der Waals surface area contributed by atoms with Crippen LogP contribution < -0.4 is 4.90 Å². The molecule has 1 amide bonds. The molecule has 1 aromatic carbocycles. The van der Waals surface area contributed by atoms with E-state index in [2.05, 4.69) is 48.0 Å². The van der Waals surface area contributed by atoms with Crippen LogP contribution >= 0.6 is 0 Å². The molecule has 0 atom stereocenters. The smallest absolute Gasteiger partial charge is 0.223 e. The highest BCUT2D eigenvalue weighted by molar-refractivity contribution is 5.77. The number of carbonyl (C=O) groups excluding carboxylic acids is 1. The second-order valence-corrected chi connectivity index (χ2v) is 8.78. The van der Waals surface area contributed by atoms with Crippen LogP contribution in [-0.2, 0) is 16.6 Å². The number of rotatable bonds is 5. The quantitative estimate of drug-likeness (QED) is 0.668. The van der Waals surface area contributed by atoms with Gasteiger partial charge in [0.2, 0.25) is 5.91 Å². The number of likely N-dealkylation sites (N-methyl/N-ethyl adjacent to an activating group) is 1. The van der Waals surface area contributed by atoms with Crippen molar-refractivity contribution < 1.29 is 4.79 Å². The molecule has 0 spiro atoms. The Labute approximate surface area is 171 Å². The zero-order valence-corrected chi connectivity index (χ0v) is 17.5. The maximum atomic E-state index is 12.6. The van der Waals surface area contributed by atoms with Gasteiger partial charge in [-0.3, -0.25) is 4.79 Å². The van der Waals surface area contributed by atoms with Crippen LogP contribution in [0, 0.1) is 0 Å². The molecule has 0 aliphatic carbocycles. The normalized spacial score (nSPS) is 14.8. The van der Waals surface area contributed by atoms with Gasteiger partial charge < -0.3 is 9.80 Å². The van der Waals surface area contributed by atoms with E-state index < -0.39 is 0 Å². The van der Waals surface area contributed by atoms with Crippen LogP contribution in [0.5, 0.6) is 0 Å². The Balaban J connectivity index is 1.37. The highest BCUT2D eigenvalue weighted by Gasteiger charge is 2.33. The van der Waals surface area contributed by atoms with Gasteiger partial charge in [0.25, 0.3) is 0 Å². The van der Waals surface area contributed by atoms with Gasteiger partial charge in [-0.15, -0.1) is 15.3 Å². The maximum Gasteiger partial charge on any atom is 0.223 e. The van der Waals surface area contributed by atoms with Gasteiger partial charge in [0.15, 0.2) is 11.5 Å². The SMILES string of the molecule is CN(C(=O)CCc1ccccc1)C1CN(c2ccc3nnc(C(C)(C)C)n3n2)C1. The zero-order valence-electron chi connectivity index (χ0n) is 17.5. The number of nitrogens with zero attached hydrogens (tertiary/aromatic N) is 6. The summed E-state index contributed by atoms with van der Waals surface area (Å²) in [6.07, 6.45) is 1.32. The molecular weight excluding hydrogens is 364 g/mol. The van der Waals surface area contributed by atoms with Gasteiger partial charge in [0.1, 0.15) is 5.82 Å². The van der Waals surface area contributed by atoms with Crippen molar-refractivity contribution in [3.05, 3.63) is 53.9 Å². The minimum atomic E-state index is -0.131. The number of hydrogen-bond donors (Lipinski definition) is 0. The average molecular weight is 393 g/mol. The van der Waals surface area contributed by atoms with Gasteiger partial charge in [0, 0.05) is 32.0 Å². The fraction of sp³-hybridized carbons (Fsp3) is 0.455. The molecule has 1 saturated heterocycles. The van der Waals surface area contributed by atoms with Crippen LogP contribution in [0.15, 0.2) is 42.5 Å². The first-order valence-corrected chi connectivity index (χ1v) is 10.1. The van der Waals surface area contributed by atoms with Gasteiger partial charge in [-0.25, -0.2) is 0 Å². The molecule has 29 heavy (non-hydrogen) atoms. The number of anilines is 1. The minimum Gasteiger partial charge on any atom is -0.351 e. The van der Waals surface area contributed by atoms with E-state index in [1.165, 1.54) is 5.56 Å². The fourth-order valence-corrected chi connectivity index (χ4v) is 3.58. The summed E-state index contributed by atoms with van der Waals surface area (Å²) >= 11 is 0. The Morgan fingerprint density at radius 1 is 1.10 bits per heavy atom. The number of aromatic nitrogens is 4.